The van der Waals surface area contributed by atoms with E-state index in [0.717, 1.165) is 49.0 Å². The molecule has 22 heavy (non-hydrogen) atoms. The van der Waals surface area contributed by atoms with Gasteiger partial charge in [-0.25, -0.2) is 13.4 Å². The Morgan fingerprint density at radius 3 is 2.55 bits per heavy atom. The quantitative estimate of drug-likeness (QED) is 0.918. The van der Waals surface area contributed by atoms with Crippen molar-refractivity contribution in [1.29, 1.82) is 0 Å². The number of piperazine rings is 1. The topological polar surface area (TPSA) is 62.3 Å². The van der Waals surface area contributed by atoms with E-state index >= 15 is 0 Å². The molecule has 2 aromatic rings. The number of nitrogens with zero attached hydrogens (tertiary/aromatic N) is 2. The average molecular weight is 337 g/mol. The number of rotatable bonds is 4. The number of hydrogen-bond acceptors (Lipinski definition) is 6. The summed E-state index contributed by atoms with van der Waals surface area (Å²) in [6.45, 7) is 5.04. The van der Waals surface area contributed by atoms with E-state index in [0.29, 0.717) is 4.90 Å². The molecular weight excluding hydrogens is 318 g/mol. The van der Waals surface area contributed by atoms with Gasteiger partial charge in [-0.2, -0.15) is 0 Å². The largest absolute Gasteiger partial charge is 0.314 e. The number of thiazole rings is 1. The van der Waals surface area contributed by atoms with Gasteiger partial charge in [0, 0.05) is 49.9 Å². The lowest BCUT2D eigenvalue weighted by Crippen LogP contribution is -2.42. The summed E-state index contributed by atoms with van der Waals surface area (Å²) < 4.78 is 23.0. The first-order valence-electron chi connectivity index (χ1n) is 7.20. The Kier molecular flexibility index (Phi) is 4.58. The predicted octanol–water partition coefficient (Wildman–Crippen LogP) is 1.62. The molecule has 3 rings (SSSR count). The van der Waals surface area contributed by atoms with Crippen molar-refractivity contribution >= 4 is 21.2 Å². The third-order valence-electron chi connectivity index (χ3n) is 3.68. The Balaban J connectivity index is 1.73. The zero-order valence-corrected chi connectivity index (χ0v) is 14.1. The second-order valence-electron chi connectivity index (χ2n) is 5.47. The minimum absolute atomic E-state index is 0.342. The average Bonchev–Trinajstić information content (AvgIpc) is 2.96. The highest BCUT2D eigenvalue weighted by Gasteiger charge is 2.13. The van der Waals surface area contributed by atoms with Gasteiger partial charge in [-0.05, 0) is 12.1 Å². The van der Waals surface area contributed by atoms with Gasteiger partial charge in [0.1, 0.15) is 5.01 Å². The van der Waals surface area contributed by atoms with Crippen molar-refractivity contribution in [3.05, 3.63) is 35.3 Å². The summed E-state index contributed by atoms with van der Waals surface area (Å²) >= 11 is 1.60. The van der Waals surface area contributed by atoms with Crippen molar-refractivity contribution in [3.63, 3.8) is 0 Å². The van der Waals surface area contributed by atoms with Crippen LogP contribution in [0.15, 0.2) is 34.5 Å². The van der Waals surface area contributed by atoms with Crippen LogP contribution in [-0.2, 0) is 16.4 Å². The number of hydrogen-bond donors (Lipinski definition) is 1. The van der Waals surface area contributed by atoms with Crippen LogP contribution < -0.4 is 5.32 Å². The van der Waals surface area contributed by atoms with Crippen LogP contribution in [0.4, 0.5) is 0 Å². The minimum atomic E-state index is -3.15. The van der Waals surface area contributed by atoms with Gasteiger partial charge in [0.05, 0.1) is 10.6 Å². The van der Waals surface area contributed by atoms with Crippen LogP contribution in [0.5, 0.6) is 0 Å². The van der Waals surface area contributed by atoms with Gasteiger partial charge >= 0.3 is 0 Å². The lowest BCUT2D eigenvalue weighted by molar-refractivity contribution is 0.231. The highest BCUT2D eigenvalue weighted by molar-refractivity contribution is 7.90. The first-order valence-corrected chi connectivity index (χ1v) is 9.97. The summed E-state index contributed by atoms with van der Waals surface area (Å²) in [5.41, 5.74) is 2.04. The fourth-order valence-corrected chi connectivity index (χ4v) is 3.90. The first-order chi connectivity index (χ1) is 10.5. The van der Waals surface area contributed by atoms with Crippen LogP contribution in [0.3, 0.4) is 0 Å². The van der Waals surface area contributed by atoms with E-state index in [9.17, 15) is 8.42 Å². The lowest BCUT2D eigenvalue weighted by Gasteiger charge is -2.26. The van der Waals surface area contributed by atoms with Crippen LogP contribution in [-0.4, -0.2) is 50.7 Å². The molecule has 1 fully saturated rings. The second kappa shape index (κ2) is 6.45. The zero-order valence-electron chi connectivity index (χ0n) is 12.4. The number of aromatic nitrogens is 1. The van der Waals surface area contributed by atoms with Crippen molar-refractivity contribution < 1.29 is 8.42 Å². The molecule has 1 aliphatic heterocycles. The third-order valence-corrected chi connectivity index (χ3v) is 5.75. The maximum Gasteiger partial charge on any atom is 0.175 e. The molecule has 7 heteroatoms. The summed E-state index contributed by atoms with van der Waals surface area (Å²) in [5.74, 6) is 0. The standard InChI is InChI=1S/C15H19N3O2S2/c1-22(19,20)14-4-2-12(3-5-14)15-17-13(11-21-15)10-18-8-6-16-7-9-18/h2-5,11,16H,6-10H2,1H3. The SMILES string of the molecule is CS(=O)(=O)c1ccc(-c2nc(CN3CCNCC3)cs2)cc1. The maximum atomic E-state index is 11.5. The Labute approximate surface area is 134 Å². The lowest BCUT2D eigenvalue weighted by atomic mass is 10.2. The fraction of sp³-hybridized carbons (Fsp3) is 0.400. The molecule has 0 bridgehead atoms. The molecule has 0 spiro atoms. The Morgan fingerprint density at radius 1 is 1.23 bits per heavy atom. The van der Waals surface area contributed by atoms with Crippen LogP contribution >= 0.6 is 11.3 Å². The monoisotopic (exact) mass is 337 g/mol. The fourth-order valence-electron chi connectivity index (χ4n) is 2.46. The normalized spacial score (nSPS) is 16.8. The highest BCUT2D eigenvalue weighted by Crippen LogP contribution is 2.25. The molecule has 0 amide bonds. The van der Waals surface area contributed by atoms with E-state index in [1.54, 1.807) is 23.5 Å². The summed E-state index contributed by atoms with van der Waals surface area (Å²) in [6.07, 6.45) is 1.22. The minimum Gasteiger partial charge on any atom is -0.314 e. The molecule has 1 aliphatic rings. The molecule has 0 saturated carbocycles. The van der Waals surface area contributed by atoms with Gasteiger partial charge in [-0.15, -0.1) is 11.3 Å². The summed E-state index contributed by atoms with van der Waals surface area (Å²) in [4.78, 5) is 7.41. The first kappa shape index (κ1) is 15.6. The molecule has 1 aromatic carbocycles. The van der Waals surface area contributed by atoms with Crippen molar-refractivity contribution in [2.45, 2.75) is 11.4 Å². The molecule has 5 nitrogen and oxygen atoms in total. The molecule has 118 valence electrons. The molecule has 0 unspecified atom stereocenters. The Hall–Kier alpha value is -1.28. The van der Waals surface area contributed by atoms with Gasteiger partial charge in [0.2, 0.25) is 0 Å². The number of nitrogens with one attached hydrogen (secondary N) is 1. The predicted molar refractivity (Wildman–Crippen MR) is 88.8 cm³/mol. The molecule has 1 aromatic heterocycles. The smallest absolute Gasteiger partial charge is 0.175 e. The van der Waals surface area contributed by atoms with Gasteiger partial charge in [-0.3, -0.25) is 4.90 Å². The summed E-state index contributed by atoms with van der Waals surface area (Å²) in [6, 6.07) is 6.93. The molecule has 0 radical (unpaired) electrons. The second-order valence-corrected chi connectivity index (χ2v) is 8.34. The maximum absolute atomic E-state index is 11.5. The van der Waals surface area contributed by atoms with Crippen molar-refractivity contribution in [3.8, 4) is 10.6 Å². The van der Waals surface area contributed by atoms with Gasteiger partial charge < -0.3 is 5.32 Å². The number of sulfone groups is 1. The van der Waals surface area contributed by atoms with E-state index in [1.165, 1.54) is 6.26 Å². The van der Waals surface area contributed by atoms with Crippen molar-refractivity contribution in [1.82, 2.24) is 15.2 Å². The van der Waals surface area contributed by atoms with Gasteiger partial charge in [0.25, 0.3) is 0 Å². The van der Waals surface area contributed by atoms with Crippen LogP contribution in [0.2, 0.25) is 0 Å². The van der Waals surface area contributed by atoms with E-state index in [-0.39, 0.29) is 0 Å². The number of benzene rings is 1. The molecule has 1 N–H and O–H groups in total. The summed E-state index contributed by atoms with van der Waals surface area (Å²) in [7, 11) is -3.15. The van der Waals surface area contributed by atoms with E-state index in [1.807, 2.05) is 12.1 Å². The van der Waals surface area contributed by atoms with Crippen LogP contribution in [0, 0.1) is 0 Å². The van der Waals surface area contributed by atoms with Crippen molar-refractivity contribution in [2.24, 2.45) is 0 Å². The van der Waals surface area contributed by atoms with Gasteiger partial charge in [-0.1, -0.05) is 12.1 Å². The highest BCUT2D eigenvalue weighted by atomic mass is 32.2. The van der Waals surface area contributed by atoms with Crippen LogP contribution in [0.25, 0.3) is 10.6 Å². The van der Waals surface area contributed by atoms with E-state index < -0.39 is 9.84 Å². The van der Waals surface area contributed by atoms with Gasteiger partial charge in [0.15, 0.2) is 9.84 Å². The molecule has 0 aliphatic carbocycles. The Morgan fingerprint density at radius 2 is 1.91 bits per heavy atom. The molecule has 0 atom stereocenters. The molecular formula is C15H19N3O2S2. The molecule has 2 heterocycles. The molecule has 1 saturated heterocycles. The summed E-state index contributed by atoms with van der Waals surface area (Å²) in [5, 5.41) is 6.36. The third kappa shape index (κ3) is 3.73. The van der Waals surface area contributed by atoms with E-state index in [2.05, 4.69) is 20.6 Å². The van der Waals surface area contributed by atoms with Crippen molar-refractivity contribution in [2.75, 3.05) is 32.4 Å². The Bertz CT molecular complexity index is 732. The zero-order chi connectivity index (χ0) is 15.6. The van der Waals surface area contributed by atoms with Crippen LogP contribution in [0.1, 0.15) is 5.69 Å². The van der Waals surface area contributed by atoms with E-state index in [4.69, 9.17) is 0 Å².